The topological polar surface area (TPSA) is 42.7 Å². The number of nitrogens with one attached hydrogen (secondary N) is 1. The lowest BCUT2D eigenvalue weighted by molar-refractivity contribution is 0.832. The summed E-state index contributed by atoms with van der Waals surface area (Å²) < 4.78 is 2.09. The Kier molecular flexibility index (Phi) is 5.38. The number of anilines is 1. The Morgan fingerprint density at radius 1 is 0.844 bits per heavy atom. The van der Waals surface area contributed by atoms with Gasteiger partial charge in [0.15, 0.2) is 0 Å². The summed E-state index contributed by atoms with van der Waals surface area (Å²) >= 11 is 6.00. The van der Waals surface area contributed by atoms with Gasteiger partial charge in [0.05, 0.1) is 22.8 Å². The van der Waals surface area contributed by atoms with Gasteiger partial charge in [0.1, 0.15) is 0 Å². The van der Waals surface area contributed by atoms with Gasteiger partial charge in [-0.3, -0.25) is 4.98 Å². The van der Waals surface area contributed by atoms with Crippen molar-refractivity contribution in [2.75, 3.05) is 5.32 Å². The smallest absolute Gasteiger partial charge is 0.204 e. The van der Waals surface area contributed by atoms with E-state index in [-0.39, 0.29) is 6.04 Å². The number of fused-ring (bicyclic) bond motifs is 1. The Bertz CT molecular complexity index is 1360. The molecule has 2 heterocycles. The van der Waals surface area contributed by atoms with Crippen molar-refractivity contribution in [3.05, 3.63) is 102 Å². The summed E-state index contributed by atoms with van der Waals surface area (Å²) in [6.07, 6.45) is 1.90. The van der Waals surface area contributed by atoms with Crippen LogP contribution in [0.15, 0.2) is 91.1 Å². The molecule has 0 radical (unpaired) electrons. The number of aromatic nitrogens is 3. The number of imidazole rings is 1. The molecule has 0 aliphatic carbocycles. The highest BCUT2D eigenvalue weighted by molar-refractivity contribution is 6.30. The van der Waals surface area contributed by atoms with Crippen LogP contribution in [0.2, 0.25) is 5.02 Å². The van der Waals surface area contributed by atoms with E-state index in [1.807, 2.05) is 49.6 Å². The van der Waals surface area contributed by atoms with Crippen molar-refractivity contribution < 1.29 is 0 Å². The van der Waals surface area contributed by atoms with Crippen LogP contribution in [0.5, 0.6) is 0 Å². The molecular formula is C27H23ClN4. The molecule has 5 aromatic rings. The van der Waals surface area contributed by atoms with Crippen LogP contribution in [0, 0.1) is 0 Å². The summed E-state index contributed by atoms with van der Waals surface area (Å²) in [7, 11) is 2.04. The number of pyridine rings is 1. The summed E-state index contributed by atoms with van der Waals surface area (Å²) in [5.41, 5.74) is 7.36. The molecule has 4 nitrogen and oxygen atoms in total. The number of aryl methyl sites for hydroxylation is 1. The van der Waals surface area contributed by atoms with Crippen LogP contribution >= 0.6 is 11.6 Å². The van der Waals surface area contributed by atoms with E-state index in [4.69, 9.17) is 16.6 Å². The van der Waals surface area contributed by atoms with E-state index in [1.54, 1.807) is 0 Å². The highest BCUT2D eigenvalue weighted by Gasteiger charge is 2.13. The maximum atomic E-state index is 6.00. The van der Waals surface area contributed by atoms with Gasteiger partial charge in [-0.1, -0.05) is 66.2 Å². The van der Waals surface area contributed by atoms with Gasteiger partial charge in [-0.25, -0.2) is 4.98 Å². The Balaban J connectivity index is 1.41. The van der Waals surface area contributed by atoms with Gasteiger partial charge in [0.2, 0.25) is 5.95 Å². The number of rotatable bonds is 5. The normalized spacial score (nSPS) is 12.1. The third-order valence-electron chi connectivity index (χ3n) is 5.76. The standard InChI is InChI=1S/C27H23ClN4/c1-18(19-6-4-3-5-7-19)30-27-31-25-16-21(11-15-26(25)32(27)2)24-14-10-22(17-29-24)20-8-12-23(28)13-9-20/h3-18H,1-2H3,(H,30,31)/t18-/m1/s1. The molecule has 158 valence electrons. The Labute approximate surface area is 192 Å². The monoisotopic (exact) mass is 438 g/mol. The zero-order chi connectivity index (χ0) is 22.1. The molecule has 0 unspecified atom stereocenters. The van der Waals surface area contributed by atoms with E-state index in [9.17, 15) is 0 Å². The fourth-order valence-electron chi connectivity index (χ4n) is 3.88. The Hall–Kier alpha value is -3.63. The van der Waals surface area contributed by atoms with E-state index >= 15 is 0 Å². The van der Waals surface area contributed by atoms with Crippen LogP contribution in [0.25, 0.3) is 33.4 Å². The van der Waals surface area contributed by atoms with E-state index < -0.39 is 0 Å². The minimum absolute atomic E-state index is 0.160. The molecule has 5 heteroatoms. The molecule has 0 aliphatic heterocycles. The van der Waals surface area contributed by atoms with Gasteiger partial charge in [0, 0.05) is 29.4 Å². The molecule has 2 aromatic heterocycles. The largest absolute Gasteiger partial charge is 0.349 e. The van der Waals surface area contributed by atoms with Gasteiger partial charge in [-0.15, -0.1) is 0 Å². The molecule has 0 aliphatic rings. The molecule has 0 amide bonds. The average Bonchev–Trinajstić information content (AvgIpc) is 3.14. The lowest BCUT2D eigenvalue weighted by Gasteiger charge is -2.14. The highest BCUT2D eigenvalue weighted by atomic mass is 35.5. The van der Waals surface area contributed by atoms with Crippen molar-refractivity contribution >= 4 is 28.6 Å². The van der Waals surface area contributed by atoms with Crippen LogP contribution in [0.1, 0.15) is 18.5 Å². The zero-order valence-corrected chi connectivity index (χ0v) is 18.7. The summed E-state index contributed by atoms with van der Waals surface area (Å²) in [6, 6.07) is 28.8. The van der Waals surface area contributed by atoms with Crippen LogP contribution < -0.4 is 5.32 Å². The molecular weight excluding hydrogens is 416 g/mol. The van der Waals surface area contributed by atoms with Gasteiger partial charge < -0.3 is 9.88 Å². The summed E-state index contributed by atoms with van der Waals surface area (Å²) in [5, 5.41) is 4.26. The summed E-state index contributed by atoms with van der Waals surface area (Å²) in [6.45, 7) is 2.15. The molecule has 0 saturated heterocycles. The molecule has 5 rings (SSSR count). The molecule has 0 bridgehead atoms. The first kappa shape index (κ1) is 20.3. The van der Waals surface area contributed by atoms with Gasteiger partial charge in [0.25, 0.3) is 0 Å². The van der Waals surface area contributed by atoms with E-state index in [2.05, 4.69) is 70.3 Å². The van der Waals surface area contributed by atoms with E-state index in [0.29, 0.717) is 0 Å². The highest BCUT2D eigenvalue weighted by Crippen LogP contribution is 2.28. The molecule has 32 heavy (non-hydrogen) atoms. The first-order chi connectivity index (χ1) is 15.6. The van der Waals surface area contributed by atoms with Gasteiger partial charge in [-0.2, -0.15) is 0 Å². The summed E-state index contributed by atoms with van der Waals surface area (Å²) in [4.78, 5) is 9.54. The maximum Gasteiger partial charge on any atom is 0.204 e. The van der Waals surface area contributed by atoms with Gasteiger partial charge in [-0.05, 0) is 48.4 Å². The minimum Gasteiger partial charge on any atom is -0.349 e. The quantitative estimate of drug-likeness (QED) is 0.317. The zero-order valence-electron chi connectivity index (χ0n) is 18.0. The number of halogens is 1. The SMILES string of the molecule is C[C@@H](Nc1nc2cc(-c3ccc(-c4ccc(Cl)cc4)cn3)ccc2n1C)c1ccccc1. The van der Waals surface area contributed by atoms with Crippen molar-refractivity contribution in [2.45, 2.75) is 13.0 Å². The van der Waals surface area contributed by atoms with Crippen molar-refractivity contribution in [1.82, 2.24) is 14.5 Å². The fourth-order valence-corrected chi connectivity index (χ4v) is 4.01. The van der Waals surface area contributed by atoms with Crippen molar-refractivity contribution in [2.24, 2.45) is 7.05 Å². The van der Waals surface area contributed by atoms with E-state index in [0.717, 1.165) is 44.4 Å². The van der Waals surface area contributed by atoms with Gasteiger partial charge >= 0.3 is 0 Å². The second-order valence-corrected chi connectivity index (χ2v) is 8.35. The summed E-state index contributed by atoms with van der Waals surface area (Å²) in [5.74, 6) is 0.847. The first-order valence-corrected chi connectivity index (χ1v) is 11.0. The van der Waals surface area contributed by atoms with Crippen LogP contribution in [0.4, 0.5) is 5.95 Å². The van der Waals surface area contributed by atoms with Crippen molar-refractivity contribution in [3.8, 4) is 22.4 Å². The van der Waals surface area contributed by atoms with Crippen molar-refractivity contribution in [1.29, 1.82) is 0 Å². The Morgan fingerprint density at radius 3 is 2.28 bits per heavy atom. The maximum absolute atomic E-state index is 6.00. The Morgan fingerprint density at radius 2 is 1.56 bits per heavy atom. The molecule has 3 aromatic carbocycles. The van der Waals surface area contributed by atoms with Crippen LogP contribution in [0.3, 0.4) is 0 Å². The number of hydrogen-bond acceptors (Lipinski definition) is 3. The third kappa shape index (κ3) is 3.97. The van der Waals surface area contributed by atoms with Crippen molar-refractivity contribution in [3.63, 3.8) is 0 Å². The minimum atomic E-state index is 0.160. The molecule has 1 N–H and O–H groups in total. The first-order valence-electron chi connectivity index (χ1n) is 10.6. The molecule has 0 spiro atoms. The fraction of sp³-hybridized carbons (Fsp3) is 0.111. The number of benzene rings is 3. The molecule has 1 atom stereocenters. The van der Waals surface area contributed by atoms with E-state index in [1.165, 1.54) is 5.56 Å². The van der Waals surface area contributed by atoms with Crippen LogP contribution in [-0.2, 0) is 7.05 Å². The lowest BCUT2D eigenvalue weighted by Crippen LogP contribution is -2.10. The average molecular weight is 439 g/mol. The number of nitrogens with zero attached hydrogens (tertiary/aromatic N) is 3. The molecule has 0 fully saturated rings. The third-order valence-corrected chi connectivity index (χ3v) is 6.01. The second-order valence-electron chi connectivity index (χ2n) is 7.91. The predicted octanol–water partition coefficient (Wildman–Crippen LogP) is 7.13. The van der Waals surface area contributed by atoms with Crippen LogP contribution in [-0.4, -0.2) is 14.5 Å². The second kappa shape index (κ2) is 8.48. The molecule has 0 saturated carbocycles. The lowest BCUT2D eigenvalue weighted by atomic mass is 10.1. The predicted molar refractivity (Wildman–Crippen MR) is 133 cm³/mol. The number of hydrogen-bond donors (Lipinski definition) is 1.